The molecule has 0 aromatic heterocycles. The lowest BCUT2D eigenvalue weighted by Gasteiger charge is -2.27. The topological polar surface area (TPSA) is 74.7 Å². The van der Waals surface area contributed by atoms with Gasteiger partial charge in [-0.1, -0.05) is 19.8 Å². The molecule has 2 rings (SSSR count). The van der Waals surface area contributed by atoms with Crippen molar-refractivity contribution < 1.29 is 18.3 Å². The Kier molecular flexibility index (Phi) is 4.50. The number of rotatable bonds is 7. The maximum Gasteiger partial charge on any atom is 0.307 e. The van der Waals surface area contributed by atoms with Gasteiger partial charge in [0, 0.05) is 12.6 Å². The normalized spacial score (nSPS) is 27.9. The first-order valence-electron chi connectivity index (χ1n) is 7.22. The summed E-state index contributed by atoms with van der Waals surface area (Å²) in [4.78, 5) is 11.2. The molecule has 0 amide bonds. The first-order valence-corrected chi connectivity index (χ1v) is 8.72. The van der Waals surface area contributed by atoms with E-state index in [-0.39, 0.29) is 6.04 Å². The standard InChI is InChI=1S/C13H23NO4S/c1-2-3-9-14(10-7-8-10)19(17,18)12-6-4-5-11(12)13(15)16/h10-12H,2-9H2,1H3,(H,15,16). The monoisotopic (exact) mass is 289 g/mol. The van der Waals surface area contributed by atoms with Gasteiger partial charge >= 0.3 is 5.97 Å². The van der Waals surface area contributed by atoms with E-state index in [1.807, 2.05) is 6.92 Å². The van der Waals surface area contributed by atoms with Gasteiger partial charge in [0.2, 0.25) is 10.0 Å². The van der Waals surface area contributed by atoms with Gasteiger partial charge in [-0.2, -0.15) is 4.31 Å². The molecule has 0 saturated heterocycles. The van der Waals surface area contributed by atoms with Crippen molar-refractivity contribution in [3.05, 3.63) is 0 Å². The van der Waals surface area contributed by atoms with E-state index in [9.17, 15) is 18.3 Å². The minimum atomic E-state index is -3.45. The summed E-state index contributed by atoms with van der Waals surface area (Å²) < 4.78 is 27.0. The third-order valence-electron chi connectivity index (χ3n) is 4.17. The van der Waals surface area contributed by atoms with Crippen LogP contribution in [0, 0.1) is 5.92 Å². The zero-order chi connectivity index (χ0) is 14.0. The van der Waals surface area contributed by atoms with Gasteiger partial charge in [0.25, 0.3) is 0 Å². The molecule has 1 N–H and O–H groups in total. The summed E-state index contributed by atoms with van der Waals surface area (Å²) in [6.45, 7) is 2.58. The molecule has 2 atom stereocenters. The summed E-state index contributed by atoms with van der Waals surface area (Å²) in [5.41, 5.74) is 0. The van der Waals surface area contributed by atoms with Gasteiger partial charge in [0.05, 0.1) is 11.2 Å². The summed E-state index contributed by atoms with van der Waals surface area (Å²) >= 11 is 0. The maximum absolute atomic E-state index is 12.7. The van der Waals surface area contributed by atoms with Crippen molar-refractivity contribution in [2.45, 2.75) is 63.2 Å². The number of carboxylic acids is 1. The fourth-order valence-corrected chi connectivity index (χ4v) is 5.42. The minimum Gasteiger partial charge on any atom is -0.481 e. The van der Waals surface area contributed by atoms with Crippen LogP contribution in [0.1, 0.15) is 51.9 Å². The molecular weight excluding hydrogens is 266 g/mol. The molecule has 2 aliphatic rings. The fourth-order valence-electron chi connectivity index (χ4n) is 2.93. The summed E-state index contributed by atoms with van der Waals surface area (Å²) in [5.74, 6) is -1.68. The maximum atomic E-state index is 12.7. The largest absolute Gasteiger partial charge is 0.481 e. The highest BCUT2D eigenvalue weighted by Gasteiger charge is 2.47. The van der Waals surface area contributed by atoms with Gasteiger partial charge in [-0.25, -0.2) is 8.42 Å². The molecule has 19 heavy (non-hydrogen) atoms. The van der Waals surface area contributed by atoms with Crippen molar-refractivity contribution in [1.82, 2.24) is 4.31 Å². The molecule has 2 unspecified atom stereocenters. The third kappa shape index (κ3) is 3.11. The minimum absolute atomic E-state index is 0.131. The molecule has 0 aliphatic heterocycles. The van der Waals surface area contributed by atoms with Crippen LogP contribution in [0.15, 0.2) is 0 Å². The zero-order valence-electron chi connectivity index (χ0n) is 11.4. The Labute approximate surface area is 115 Å². The molecule has 6 heteroatoms. The molecule has 110 valence electrons. The summed E-state index contributed by atoms with van der Waals surface area (Å²) in [5, 5.41) is 8.47. The number of hydrogen-bond acceptors (Lipinski definition) is 3. The molecular formula is C13H23NO4S. The van der Waals surface area contributed by atoms with Crippen molar-refractivity contribution in [2.24, 2.45) is 5.92 Å². The highest BCUT2D eigenvalue weighted by atomic mass is 32.2. The number of nitrogens with zero attached hydrogens (tertiary/aromatic N) is 1. The van der Waals surface area contributed by atoms with Crippen molar-refractivity contribution in [3.63, 3.8) is 0 Å². The second-order valence-electron chi connectivity index (χ2n) is 5.65. The molecule has 0 heterocycles. The van der Waals surface area contributed by atoms with Crippen LogP contribution in [0.2, 0.25) is 0 Å². The lowest BCUT2D eigenvalue weighted by atomic mass is 10.1. The van der Waals surface area contributed by atoms with Gasteiger partial charge in [-0.15, -0.1) is 0 Å². The number of sulfonamides is 1. The number of aliphatic carboxylic acids is 1. The van der Waals surface area contributed by atoms with E-state index in [1.54, 1.807) is 4.31 Å². The predicted octanol–water partition coefficient (Wildman–Crippen LogP) is 1.83. The van der Waals surface area contributed by atoms with Gasteiger partial charge in [0.15, 0.2) is 0 Å². The van der Waals surface area contributed by atoms with E-state index in [1.165, 1.54) is 0 Å². The Morgan fingerprint density at radius 3 is 2.47 bits per heavy atom. The molecule has 2 saturated carbocycles. The molecule has 0 aromatic rings. The molecule has 0 radical (unpaired) electrons. The molecule has 0 bridgehead atoms. The number of carboxylic acid groups (broad SMARTS) is 1. The van der Waals surface area contributed by atoms with Crippen molar-refractivity contribution >= 4 is 16.0 Å². The van der Waals surface area contributed by atoms with Crippen LogP contribution in [0.4, 0.5) is 0 Å². The fraction of sp³-hybridized carbons (Fsp3) is 0.923. The van der Waals surface area contributed by atoms with Crippen molar-refractivity contribution in [2.75, 3.05) is 6.54 Å². The SMILES string of the molecule is CCCCN(C1CC1)S(=O)(=O)C1CCCC1C(=O)O. The summed E-state index contributed by atoms with van der Waals surface area (Å²) in [6.07, 6.45) is 5.33. The van der Waals surface area contributed by atoms with E-state index in [4.69, 9.17) is 0 Å². The Morgan fingerprint density at radius 2 is 1.95 bits per heavy atom. The van der Waals surface area contributed by atoms with Gasteiger partial charge in [-0.3, -0.25) is 4.79 Å². The molecule has 0 spiro atoms. The smallest absolute Gasteiger partial charge is 0.307 e. The van der Waals surface area contributed by atoms with Crippen LogP contribution in [-0.4, -0.2) is 41.6 Å². The summed E-state index contributed by atoms with van der Waals surface area (Å²) in [6, 6.07) is 0.131. The molecule has 2 aliphatic carbocycles. The van der Waals surface area contributed by atoms with Crippen molar-refractivity contribution in [3.8, 4) is 0 Å². The van der Waals surface area contributed by atoms with Crippen LogP contribution >= 0.6 is 0 Å². The Balaban J connectivity index is 2.16. The average molecular weight is 289 g/mol. The Bertz CT molecular complexity index is 430. The predicted molar refractivity (Wildman–Crippen MR) is 72.3 cm³/mol. The van der Waals surface area contributed by atoms with Gasteiger partial charge in [0.1, 0.15) is 0 Å². The van der Waals surface area contributed by atoms with Crippen LogP contribution in [-0.2, 0) is 14.8 Å². The van der Waals surface area contributed by atoms with E-state index >= 15 is 0 Å². The number of hydrogen-bond donors (Lipinski definition) is 1. The van der Waals surface area contributed by atoms with E-state index in [0.717, 1.165) is 25.7 Å². The van der Waals surface area contributed by atoms with Crippen molar-refractivity contribution in [1.29, 1.82) is 0 Å². The molecule has 5 nitrogen and oxygen atoms in total. The number of carbonyl (C=O) groups is 1. The van der Waals surface area contributed by atoms with E-state index < -0.39 is 27.2 Å². The first kappa shape index (κ1) is 14.8. The first-order chi connectivity index (χ1) is 8.98. The average Bonchev–Trinajstić information content (AvgIpc) is 3.04. The van der Waals surface area contributed by atoms with Crippen LogP contribution < -0.4 is 0 Å². The Hall–Kier alpha value is -0.620. The zero-order valence-corrected chi connectivity index (χ0v) is 12.2. The van der Waals surface area contributed by atoms with Crippen LogP contribution in [0.25, 0.3) is 0 Å². The number of unbranched alkanes of at least 4 members (excludes halogenated alkanes) is 1. The second kappa shape index (κ2) is 5.79. The van der Waals surface area contributed by atoms with E-state index in [2.05, 4.69) is 0 Å². The highest BCUT2D eigenvalue weighted by Crippen LogP contribution is 2.37. The van der Waals surface area contributed by atoms with E-state index in [0.29, 0.717) is 25.8 Å². The molecule has 0 aromatic carbocycles. The van der Waals surface area contributed by atoms with Crippen LogP contribution in [0.5, 0.6) is 0 Å². The lowest BCUT2D eigenvalue weighted by molar-refractivity contribution is -0.141. The molecule has 2 fully saturated rings. The highest BCUT2D eigenvalue weighted by molar-refractivity contribution is 7.89. The second-order valence-corrected chi connectivity index (χ2v) is 7.76. The van der Waals surface area contributed by atoms with Gasteiger partial charge < -0.3 is 5.11 Å². The lowest BCUT2D eigenvalue weighted by Crippen LogP contribution is -2.43. The third-order valence-corrected chi connectivity index (χ3v) is 6.63. The summed E-state index contributed by atoms with van der Waals surface area (Å²) in [7, 11) is -3.45. The quantitative estimate of drug-likeness (QED) is 0.776. The van der Waals surface area contributed by atoms with Crippen LogP contribution in [0.3, 0.4) is 0 Å². The van der Waals surface area contributed by atoms with Gasteiger partial charge in [-0.05, 0) is 32.1 Å². The Morgan fingerprint density at radius 1 is 1.26 bits per heavy atom.